The number of phenolic OH excluding ortho intramolecular Hbond substituents is 1. The van der Waals surface area contributed by atoms with Crippen LogP contribution in [-0.4, -0.2) is 59.1 Å². The molecule has 27 heavy (non-hydrogen) atoms. The molecule has 2 aromatic carbocycles. The van der Waals surface area contributed by atoms with Crippen LogP contribution >= 0.6 is 0 Å². The minimum atomic E-state index is -0.0682. The smallest absolute Gasteiger partial charge is 0.317 e. The fourth-order valence-electron chi connectivity index (χ4n) is 3.57. The summed E-state index contributed by atoms with van der Waals surface area (Å²) in [6, 6.07) is 16.7. The molecule has 1 saturated heterocycles. The van der Waals surface area contributed by atoms with Crippen molar-refractivity contribution in [3.63, 3.8) is 0 Å². The fourth-order valence-corrected chi connectivity index (χ4v) is 3.57. The van der Waals surface area contributed by atoms with Crippen molar-refractivity contribution in [1.82, 2.24) is 15.1 Å². The summed E-state index contributed by atoms with van der Waals surface area (Å²) in [6.45, 7) is 2.08. The fraction of sp³-hybridized carbons (Fsp3) is 0.333. The number of hydrogen-bond acceptors (Lipinski definition) is 3. The first-order valence-electron chi connectivity index (χ1n) is 9.30. The van der Waals surface area contributed by atoms with Gasteiger partial charge in [-0.1, -0.05) is 30.3 Å². The zero-order valence-electron chi connectivity index (χ0n) is 15.0. The van der Waals surface area contributed by atoms with Crippen molar-refractivity contribution < 1.29 is 14.7 Å². The number of nitrogens with one attached hydrogen (secondary N) is 1. The predicted molar refractivity (Wildman–Crippen MR) is 102 cm³/mol. The molecule has 1 aliphatic heterocycles. The second-order valence-corrected chi connectivity index (χ2v) is 7.13. The maximum atomic E-state index is 12.5. The van der Waals surface area contributed by atoms with Crippen LogP contribution in [-0.2, 0) is 0 Å². The van der Waals surface area contributed by atoms with Gasteiger partial charge in [0.25, 0.3) is 5.91 Å². The maximum absolute atomic E-state index is 12.5. The van der Waals surface area contributed by atoms with E-state index in [0.29, 0.717) is 37.7 Å². The van der Waals surface area contributed by atoms with Crippen molar-refractivity contribution in [3.05, 3.63) is 65.7 Å². The Labute approximate surface area is 158 Å². The molecule has 1 aliphatic carbocycles. The van der Waals surface area contributed by atoms with Crippen molar-refractivity contribution in [1.29, 1.82) is 0 Å². The largest absolute Gasteiger partial charge is 0.508 e. The van der Waals surface area contributed by atoms with Crippen LogP contribution in [0.15, 0.2) is 54.6 Å². The lowest BCUT2D eigenvalue weighted by Crippen LogP contribution is -2.53. The summed E-state index contributed by atoms with van der Waals surface area (Å²) in [5, 5.41) is 12.4. The highest BCUT2D eigenvalue weighted by molar-refractivity contribution is 5.94. The number of carbonyl (C=O) groups is 2. The number of amides is 3. The minimum absolute atomic E-state index is 0.0461. The van der Waals surface area contributed by atoms with Gasteiger partial charge in [0, 0.05) is 43.7 Å². The van der Waals surface area contributed by atoms with Gasteiger partial charge in [0.1, 0.15) is 5.75 Å². The van der Waals surface area contributed by atoms with Gasteiger partial charge in [0.15, 0.2) is 0 Å². The van der Waals surface area contributed by atoms with E-state index in [1.165, 1.54) is 17.7 Å². The van der Waals surface area contributed by atoms with Gasteiger partial charge in [-0.25, -0.2) is 4.79 Å². The van der Waals surface area contributed by atoms with Crippen LogP contribution in [0.4, 0.5) is 4.79 Å². The third-order valence-electron chi connectivity index (χ3n) is 5.30. The topological polar surface area (TPSA) is 72.9 Å². The van der Waals surface area contributed by atoms with Crippen molar-refractivity contribution in [2.45, 2.75) is 18.4 Å². The molecular formula is C21H23N3O3. The molecule has 0 unspecified atom stereocenters. The molecule has 0 bridgehead atoms. The summed E-state index contributed by atoms with van der Waals surface area (Å²) in [4.78, 5) is 28.5. The molecule has 6 nitrogen and oxygen atoms in total. The lowest BCUT2D eigenvalue weighted by atomic mass is 10.1. The number of nitrogens with zero attached hydrogens (tertiary/aromatic N) is 2. The average Bonchev–Trinajstić information content (AvgIpc) is 3.48. The van der Waals surface area contributed by atoms with Crippen LogP contribution in [0.2, 0.25) is 0 Å². The van der Waals surface area contributed by atoms with Gasteiger partial charge in [-0.15, -0.1) is 0 Å². The Morgan fingerprint density at radius 3 is 2.19 bits per heavy atom. The summed E-state index contributed by atoms with van der Waals surface area (Å²) in [5.74, 6) is 0.482. The highest BCUT2D eigenvalue weighted by Crippen LogP contribution is 2.40. The number of aromatic hydroxyl groups is 1. The quantitative estimate of drug-likeness (QED) is 0.877. The third-order valence-corrected chi connectivity index (χ3v) is 5.30. The zero-order valence-corrected chi connectivity index (χ0v) is 15.0. The normalized spacial score (nSPS) is 21.6. The van der Waals surface area contributed by atoms with E-state index in [1.807, 2.05) is 18.2 Å². The molecule has 2 aliphatic rings. The van der Waals surface area contributed by atoms with Crippen molar-refractivity contribution in [2.24, 2.45) is 0 Å². The molecule has 6 heteroatoms. The van der Waals surface area contributed by atoms with Gasteiger partial charge in [-0.3, -0.25) is 4.79 Å². The number of rotatable bonds is 3. The van der Waals surface area contributed by atoms with Crippen LogP contribution in [0.25, 0.3) is 0 Å². The van der Waals surface area contributed by atoms with Gasteiger partial charge in [0.05, 0.1) is 0 Å². The van der Waals surface area contributed by atoms with Gasteiger partial charge in [-0.2, -0.15) is 0 Å². The molecule has 4 rings (SSSR count). The van der Waals surface area contributed by atoms with Gasteiger partial charge < -0.3 is 20.2 Å². The van der Waals surface area contributed by atoms with E-state index in [2.05, 4.69) is 17.4 Å². The third kappa shape index (κ3) is 3.89. The van der Waals surface area contributed by atoms with E-state index in [1.54, 1.807) is 21.9 Å². The zero-order chi connectivity index (χ0) is 18.8. The summed E-state index contributed by atoms with van der Waals surface area (Å²) < 4.78 is 0. The number of hydrogen-bond donors (Lipinski definition) is 2. The molecule has 0 aromatic heterocycles. The SMILES string of the molecule is O=C(N[C@@H]1C[C@@H]1c1ccccc1)N1CCN(C(=O)c2ccc(O)cc2)CC1. The maximum Gasteiger partial charge on any atom is 0.317 e. The molecule has 0 spiro atoms. The summed E-state index contributed by atoms with van der Waals surface area (Å²) in [6.07, 6.45) is 0.981. The molecule has 1 saturated carbocycles. The first kappa shape index (κ1) is 17.4. The predicted octanol–water partition coefficient (Wildman–Crippen LogP) is 2.42. The Kier molecular flexibility index (Phi) is 4.71. The van der Waals surface area contributed by atoms with Crippen molar-refractivity contribution >= 4 is 11.9 Å². The Balaban J connectivity index is 1.26. The standard InChI is InChI=1S/C21H23N3O3/c25-17-8-6-16(7-9-17)20(26)23-10-12-24(13-11-23)21(27)22-19-14-18(19)15-4-2-1-3-5-15/h1-9,18-19,25H,10-14H2,(H,22,27)/t18-,19-/m1/s1. The molecule has 2 atom stereocenters. The van der Waals surface area contributed by atoms with E-state index in [4.69, 9.17) is 0 Å². The van der Waals surface area contributed by atoms with Crippen LogP contribution in [0, 0.1) is 0 Å². The Morgan fingerprint density at radius 2 is 1.52 bits per heavy atom. The van der Waals surface area contributed by atoms with E-state index >= 15 is 0 Å². The second-order valence-electron chi connectivity index (χ2n) is 7.13. The summed E-state index contributed by atoms with van der Waals surface area (Å²) in [5.41, 5.74) is 1.82. The van der Waals surface area contributed by atoms with Gasteiger partial charge in [0.2, 0.25) is 0 Å². The molecular weight excluding hydrogens is 342 g/mol. The first-order chi connectivity index (χ1) is 13.1. The number of piperazine rings is 1. The van der Waals surface area contributed by atoms with Crippen molar-refractivity contribution in [3.8, 4) is 5.75 Å². The highest BCUT2D eigenvalue weighted by Gasteiger charge is 2.40. The molecule has 1 heterocycles. The van der Waals surface area contributed by atoms with Crippen LogP contribution in [0.3, 0.4) is 0 Å². The molecule has 2 fully saturated rings. The Morgan fingerprint density at radius 1 is 0.889 bits per heavy atom. The van der Waals surface area contributed by atoms with E-state index in [9.17, 15) is 14.7 Å². The summed E-state index contributed by atoms with van der Waals surface area (Å²) >= 11 is 0. The summed E-state index contributed by atoms with van der Waals surface area (Å²) in [7, 11) is 0. The highest BCUT2D eigenvalue weighted by atomic mass is 16.3. The van der Waals surface area contributed by atoms with Gasteiger partial charge in [-0.05, 0) is 36.2 Å². The molecule has 2 aromatic rings. The lowest BCUT2D eigenvalue weighted by Gasteiger charge is -2.34. The molecule has 2 N–H and O–H groups in total. The monoisotopic (exact) mass is 365 g/mol. The van der Waals surface area contributed by atoms with Crippen molar-refractivity contribution in [2.75, 3.05) is 26.2 Å². The Bertz CT molecular complexity index is 814. The van der Waals surface area contributed by atoms with E-state index < -0.39 is 0 Å². The molecule has 140 valence electrons. The number of phenols is 1. The Hall–Kier alpha value is -3.02. The van der Waals surface area contributed by atoms with Crippen LogP contribution < -0.4 is 5.32 Å². The first-order valence-corrected chi connectivity index (χ1v) is 9.30. The number of urea groups is 1. The van der Waals surface area contributed by atoms with Crippen LogP contribution in [0.1, 0.15) is 28.3 Å². The number of benzene rings is 2. The van der Waals surface area contributed by atoms with E-state index in [-0.39, 0.29) is 23.7 Å². The number of carbonyl (C=O) groups excluding carboxylic acids is 2. The lowest BCUT2D eigenvalue weighted by molar-refractivity contribution is 0.0664. The molecule has 3 amide bonds. The van der Waals surface area contributed by atoms with Crippen LogP contribution in [0.5, 0.6) is 5.75 Å². The second kappa shape index (κ2) is 7.31. The minimum Gasteiger partial charge on any atom is -0.508 e. The van der Waals surface area contributed by atoms with E-state index in [0.717, 1.165) is 6.42 Å². The average molecular weight is 365 g/mol. The molecule has 0 radical (unpaired) electrons. The van der Waals surface area contributed by atoms with Gasteiger partial charge >= 0.3 is 6.03 Å².